The SMILES string of the molecule is CCCCCCCCCCCCCCCc1ccc(OS(=O)O)cc1. The summed E-state index contributed by atoms with van der Waals surface area (Å²) < 4.78 is 23.9. The first-order chi connectivity index (χ1) is 12.2. The van der Waals surface area contributed by atoms with Gasteiger partial charge < -0.3 is 4.18 Å². The minimum Gasteiger partial charge on any atom is -0.380 e. The lowest BCUT2D eigenvalue weighted by molar-refractivity contribution is 0.458. The zero-order valence-corrected chi connectivity index (χ0v) is 16.7. The van der Waals surface area contributed by atoms with Crippen LogP contribution >= 0.6 is 0 Å². The third-order valence-corrected chi connectivity index (χ3v) is 4.99. The molecule has 144 valence electrons. The van der Waals surface area contributed by atoms with E-state index >= 15 is 0 Å². The van der Waals surface area contributed by atoms with Crippen molar-refractivity contribution in [2.75, 3.05) is 0 Å². The molecule has 0 aliphatic heterocycles. The summed E-state index contributed by atoms with van der Waals surface area (Å²) in [7, 11) is 0. The molecule has 1 aromatic carbocycles. The number of aryl methyl sites for hydroxylation is 1. The standard InChI is InChI=1S/C21H36O3S/c1-2-3-4-5-6-7-8-9-10-11-12-13-14-15-20-16-18-21(19-17-20)24-25(22)23/h16-19H,2-15H2,1H3,(H,22,23). The molecule has 0 heterocycles. The molecule has 0 bridgehead atoms. The van der Waals surface area contributed by atoms with Gasteiger partial charge in [-0.1, -0.05) is 96.1 Å². The van der Waals surface area contributed by atoms with Gasteiger partial charge >= 0.3 is 11.4 Å². The van der Waals surface area contributed by atoms with Crippen LogP contribution < -0.4 is 4.18 Å². The Hall–Kier alpha value is -0.870. The first-order valence-electron chi connectivity index (χ1n) is 10.1. The highest BCUT2D eigenvalue weighted by molar-refractivity contribution is 7.74. The van der Waals surface area contributed by atoms with Crippen molar-refractivity contribution < 1.29 is 12.9 Å². The molecule has 0 amide bonds. The van der Waals surface area contributed by atoms with Crippen molar-refractivity contribution in [3.8, 4) is 5.75 Å². The average molecular weight is 369 g/mol. The maximum atomic E-state index is 10.6. The Morgan fingerprint density at radius 2 is 1.20 bits per heavy atom. The van der Waals surface area contributed by atoms with E-state index < -0.39 is 11.4 Å². The lowest BCUT2D eigenvalue weighted by Crippen LogP contribution is -1.97. The van der Waals surface area contributed by atoms with E-state index in [2.05, 4.69) is 6.92 Å². The van der Waals surface area contributed by atoms with E-state index in [0.29, 0.717) is 5.75 Å². The van der Waals surface area contributed by atoms with Crippen molar-refractivity contribution in [2.24, 2.45) is 0 Å². The monoisotopic (exact) mass is 368 g/mol. The van der Waals surface area contributed by atoms with Gasteiger partial charge in [0.15, 0.2) is 0 Å². The second-order valence-electron chi connectivity index (χ2n) is 6.94. The minimum atomic E-state index is -2.24. The van der Waals surface area contributed by atoms with Crippen molar-refractivity contribution in [1.29, 1.82) is 0 Å². The normalized spacial score (nSPS) is 12.2. The molecule has 1 rings (SSSR count). The molecule has 1 aromatic rings. The van der Waals surface area contributed by atoms with Crippen molar-refractivity contribution in [2.45, 2.75) is 96.8 Å². The van der Waals surface area contributed by atoms with E-state index in [9.17, 15) is 4.21 Å². The Kier molecular flexibility index (Phi) is 13.6. The van der Waals surface area contributed by atoms with Crippen LogP contribution in [0.25, 0.3) is 0 Å². The zero-order valence-electron chi connectivity index (χ0n) is 15.9. The molecule has 3 nitrogen and oxygen atoms in total. The van der Waals surface area contributed by atoms with Crippen LogP contribution in [-0.4, -0.2) is 8.76 Å². The van der Waals surface area contributed by atoms with Crippen LogP contribution in [0.2, 0.25) is 0 Å². The van der Waals surface area contributed by atoms with Crippen LogP contribution in [0, 0.1) is 0 Å². The van der Waals surface area contributed by atoms with Gasteiger partial charge in [-0.2, -0.15) is 4.21 Å². The molecule has 0 aliphatic carbocycles. The van der Waals surface area contributed by atoms with E-state index in [-0.39, 0.29) is 0 Å². The van der Waals surface area contributed by atoms with Gasteiger partial charge in [-0.3, -0.25) is 4.55 Å². The van der Waals surface area contributed by atoms with Crippen LogP contribution in [0.1, 0.15) is 96.0 Å². The molecular weight excluding hydrogens is 332 g/mol. The van der Waals surface area contributed by atoms with Crippen LogP contribution in [0.15, 0.2) is 24.3 Å². The fraction of sp³-hybridized carbons (Fsp3) is 0.714. The second-order valence-corrected chi connectivity index (χ2v) is 7.54. The molecule has 0 radical (unpaired) electrons. The van der Waals surface area contributed by atoms with E-state index in [1.807, 2.05) is 12.1 Å². The Bertz CT molecular complexity index is 445. The summed E-state index contributed by atoms with van der Waals surface area (Å²) >= 11 is -2.24. The zero-order chi connectivity index (χ0) is 18.2. The quantitative estimate of drug-likeness (QED) is 0.257. The molecule has 0 spiro atoms. The largest absolute Gasteiger partial charge is 0.380 e. The van der Waals surface area contributed by atoms with Gasteiger partial charge in [0.05, 0.1) is 0 Å². The molecule has 1 unspecified atom stereocenters. The molecule has 25 heavy (non-hydrogen) atoms. The fourth-order valence-corrected chi connectivity index (χ4v) is 3.42. The highest BCUT2D eigenvalue weighted by atomic mass is 32.2. The highest BCUT2D eigenvalue weighted by Crippen LogP contribution is 2.16. The predicted octanol–water partition coefficient (Wildman–Crippen LogP) is 6.84. The van der Waals surface area contributed by atoms with Gasteiger partial charge in [0.25, 0.3) is 0 Å². The number of hydrogen-bond donors (Lipinski definition) is 1. The Morgan fingerprint density at radius 1 is 0.760 bits per heavy atom. The van der Waals surface area contributed by atoms with Gasteiger partial charge in [0.1, 0.15) is 5.75 Å². The second kappa shape index (κ2) is 15.4. The van der Waals surface area contributed by atoms with Gasteiger partial charge in [-0.05, 0) is 30.5 Å². The number of benzene rings is 1. The van der Waals surface area contributed by atoms with Crippen molar-refractivity contribution in [1.82, 2.24) is 0 Å². The molecule has 0 fully saturated rings. The molecule has 0 aliphatic rings. The van der Waals surface area contributed by atoms with E-state index in [4.69, 9.17) is 8.74 Å². The third-order valence-electron chi connectivity index (χ3n) is 4.66. The summed E-state index contributed by atoms with van der Waals surface area (Å²) in [5.74, 6) is 0.440. The Balaban J connectivity index is 1.89. The molecule has 0 aromatic heterocycles. The van der Waals surface area contributed by atoms with Gasteiger partial charge in [0, 0.05) is 0 Å². The number of rotatable bonds is 16. The maximum absolute atomic E-state index is 10.6. The molecule has 1 atom stereocenters. The Labute approximate surface area is 157 Å². The molecule has 4 heteroatoms. The topological polar surface area (TPSA) is 46.5 Å². The van der Waals surface area contributed by atoms with Crippen molar-refractivity contribution in [3.63, 3.8) is 0 Å². The van der Waals surface area contributed by atoms with Crippen LogP contribution in [0.3, 0.4) is 0 Å². The molecule has 1 N–H and O–H groups in total. The lowest BCUT2D eigenvalue weighted by Gasteiger charge is -2.04. The fourth-order valence-electron chi connectivity index (χ4n) is 3.14. The average Bonchev–Trinajstić information content (AvgIpc) is 2.60. The van der Waals surface area contributed by atoms with Gasteiger partial charge in [-0.15, -0.1) is 0 Å². The summed E-state index contributed by atoms with van der Waals surface area (Å²) in [5.41, 5.74) is 1.26. The van der Waals surface area contributed by atoms with Crippen molar-refractivity contribution >= 4 is 11.4 Å². The van der Waals surface area contributed by atoms with Gasteiger partial charge in [0.2, 0.25) is 0 Å². The third kappa shape index (κ3) is 13.1. The summed E-state index contributed by atoms with van der Waals surface area (Å²) in [6, 6.07) is 7.46. The molecule has 0 saturated carbocycles. The van der Waals surface area contributed by atoms with E-state index in [0.717, 1.165) is 6.42 Å². The smallest absolute Gasteiger partial charge is 0.357 e. The highest BCUT2D eigenvalue weighted by Gasteiger charge is 1.99. The summed E-state index contributed by atoms with van der Waals surface area (Å²) in [4.78, 5) is 0. The van der Waals surface area contributed by atoms with Crippen LogP contribution in [-0.2, 0) is 17.8 Å². The maximum Gasteiger partial charge on any atom is 0.357 e. The summed E-state index contributed by atoms with van der Waals surface area (Å²) in [5, 5.41) is 0. The van der Waals surface area contributed by atoms with E-state index in [1.54, 1.807) is 12.1 Å². The van der Waals surface area contributed by atoms with Crippen molar-refractivity contribution in [3.05, 3.63) is 29.8 Å². The minimum absolute atomic E-state index is 0.440. The Morgan fingerprint density at radius 3 is 1.64 bits per heavy atom. The molecule has 0 saturated heterocycles. The van der Waals surface area contributed by atoms with Gasteiger partial charge in [-0.25, -0.2) is 0 Å². The number of unbranched alkanes of at least 4 members (excludes halogenated alkanes) is 12. The number of hydrogen-bond acceptors (Lipinski definition) is 2. The summed E-state index contributed by atoms with van der Waals surface area (Å²) in [6.07, 6.45) is 18.9. The first-order valence-corrected chi connectivity index (χ1v) is 11.1. The molecular formula is C21H36O3S. The van der Waals surface area contributed by atoms with E-state index in [1.165, 1.54) is 89.0 Å². The predicted molar refractivity (Wildman–Crippen MR) is 107 cm³/mol. The first kappa shape index (κ1) is 22.2. The van der Waals surface area contributed by atoms with Crippen LogP contribution in [0.4, 0.5) is 0 Å². The van der Waals surface area contributed by atoms with Crippen LogP contribution in [0.5, 0.6) is 5.75 Å². The lowest BCUT2D eigenvalue weighted by atomic mass is 10.0. The summed E-state index contributed by atoms with van der Waals surface area (Å²) in [6.45, 7) is 2.27.